The van der Waals surface area contributed by atoms with Crippen molar-refractivity contribution in [2.75, 3.05) is 45.9 Å². The molecule has 1 amide bonds. The summed E-state index contributed by atoms with van der Waals surface area (Å²) in [4.78, 5) is 17.8. The average molecular weight is 405 g/mol. The average Bonchev–Trinajstić information content (AvgIpc) is 2.94. The topological polar surface area (TPSA) is 32.8 Å². The van der Waals surface area contributed by atoms with Crippen LogP contribution in [0.4, 0.5) is 0 Å². The largest absolute Gasteiger partial charge is 0.377 e. The van der Waals surface area contributed by atoms with E-state index in [1.807, 2.05) is 11.0 Å². The van der Waals surface area contributed by atoms with Gasteiger partial charge in [0.2, 0.25) is 5.91 Å². The second kappa shape index (κ2) is 10.1. The second-order valence-electron chi connectivity index (χ2n) is 8.28. The van der Waals surface area contributed by atoms with Crippen molar-refractivity contribution in [3.05, 3.63) is 71.8 Å². The van der Waals surface area contributed by atoms with Gasteiger partial charge < -0.3 is 9.64 Å². The first kappa shape index (κ1) is 20.8. The van der Waals surface area contributed by atoms with Gasteiger partial charge in [0.05, 0.1) is 19.1 Å². The van der Waals surface area contributed by atoms with Crippen LogP contribution in [0.2, 0.25) is 0 Å². The highest BCUT2D eigenvalue weighted by molar-refractivity contribution is 5.80. The standard InChI is InChI=1S/C26H32N2O2/c1-2-28-15-14-27(18-21-9-8-16-30-20-21)19-24(26(28)29)17-23-12-6-7-13-25(23)22-10-4-3-5-11-22/h3-7,9-13,24H,2,8,14-20H2,1H3/t24-/m0/s1. The lowest BCUT2D eigenvalue weighted by molar-refractivity contribution is -0.134. The van der Waals surface area contributed by atoms with Crippen molar-refractivity contribution in [3.8, 4) is 11.1 Å². The third kappa shape index (κ3) is 5.00. The van der Waals surface area contributed by atoms with Crippen LogP contribution < -0.4 is 0 Å². The number of benzene rings is 2. The Morgan fingerprint density at radius 2 is 1.83 bits per heavy atom. The van der Waals surface area contributed by atoms with Crippen molar-refractivity contribution >= 4 is 5.91 Å². The summed E-state index contributed by atoms with van der Waals surface area (Å²) >= 11 is 0. The Bertz CT molecular complexity index is 878. The van der Waals surface area contributed by atoms with Crippen LogP contribution in [0.15, 0.2) is 66.2 Å². The van der Waals surface area contributed by atoms with Gasteiger partial charge in [-0.15, -0.1) is 0 Å². The first-order valence-corrected chi connectivity index (χ1v) is 11.1. The first-order chi connectivity index (χ1) is 14.7. The summed E-state index contributed by atoms with van der Waals surface area (Å²) in [5.41, 5.74) is 5.04. The minimum atomic E-state index is -0.0255. The predicted octanol–water partition coefficient (Wildman–Crippen LogP) is 4.02. The molecule has 30 heavy (non-hydrogen) atoms. The zero-order valence-electron chi connectivity index (χ0n) is 17.9. The lowest BCUT2D eigenvalue weighted by atomic mass is 9.91. The summed E-state index contributed by atoms with van der Waals surface area (Å²) in [5, 5.41) is 0. The summed E-state index contributed by atoms with van der Waals surface area (Å²) in [5.74, 6) is 0.263. The van der Waals surface area contributed by atoms with Gasteiger partial charge in [-0.25, -0.2) is 0 Å². The van der Waals surface area contributed by atoms with Crippen molar-refractivity contribution in [3.63, 3.8) is 0 Å². The fraction of sp³-hybridized carbons (Fsp3) is 0.423. The van der Waals surface area contributed by atoms with Crippen LogP contribution in [0, 0.1) is 5.92 Å². The van der Waals surface area contributed by atoms with Gasteiger partial charge in [-0.3, -0.25) is 9.69 Å². The Morgan fingerprint density at radius 3 is 2.60 bits per heavy atom. The molecule has 2 heterocycles. The Morgan fingerprint density at radius 1 is 1.03 bits per heavy atom. The van der Waals surface area contributed by atoms with Crippen molar-refractivity contribution in [1.29, 1.82) is 0 Å². The van der Waals surface area contributed by atoms with E-state index < -0.39 is 0 Å². The molecule has 2 aliphatic heterocycles. The fourth-order valence-corrected chi connectivity index (χ4v) is 4.59. The number of hydrogen-bond acceptors (Lipinski definition) is 3. The molecule has 0 N–H and O–H groups in total. The molecule has 0 aliphatic carbocycles. The Labute approximate surface area is 180 Å². The maximum Gasteiger partial charge on any atom is 0.227 e. The number of carbonyl (C=O) groups excluding carboxylic acids is 1. The molecule has 1 fully saturated rings. The third-order valence-corrected chi connectivity index (χ3v) is 6.19. The lowest BCUT2D eigenvalue weighted by Crippen LogP contribution is -2.37. The normalized spacial score (nSPS) is 20.7. The van der Waals surface area contributed by atoms with Crippen molar-refractivity contribution in [1.82, 2.24) is 9.80 Å². The molecule has 4 nitrogen and oxygen atoms in total. The van der Waals surface area contributed by atoms with Crippen LogP contribution in [0.1, 0.15) is 18.9 Å². The molecule has 0 radical (unpaired) electrons. The van der Waals surface area contributed by atoms with Crippen LogP contribution >= 0.6 is 0 Å². The van der Waals surface area contributed by atoms with E-state index in [1.165, 1.54) is 22.3 Å². The SMILES string of the molecule is CCN1CCN(CC2=CCCOC2)C[C@H](Cc2ccccc2-c2ccccc2)C1=O. The van der Waals surface area contributed by atoms with Crippen LogP contribution in [-0.4, -0.2) is 61.6 Å². The van der Waals surface area contributed by atoms with E-state index in [1.54, 1.807) is 0 Å². The molecule has 0 bridgehead atoms. The van der Waals surface area contributed by atoms with E-state index >= 15 is 0 Å². The minimum Gasteiger partial charge on any atom is -0.377 e. The van der Waals surface area contributed by atoms with Gasteiger partial charge in [-0.1, -0.05) is 60.7 Å². The molecule has 0 unspecified atom stereocenters. The zero-order valence-corrected chi connectivity index (χ0v) is 17.9. The lowest BCUT2D eigenvalue weighted by Gasteiger charge is -2.26. The van der Waals surface area contributed by atoms with Crippen LogP contribution in [0.5, 0.6) is 0 Å². The Kier molecular flexibility index (Phi) is 6.98. The summed E-state index contributed by atoms with van der Waals surface area (Å²) in [7, 11) is 0. The fourth-order valence-electron chi connectivity index (χ4n) is 4.59. The monoisotopic (exact) mass is 404 g/mol. The number of likely N-dealkylation sites (N-methyl/N-ethyl adjacent to an activating group) is 1. The molecular weight excluding hydrogens is 372 g/mol. The van der Waals surface area contributed by atoms with Crippen molar-refractivity contribution in [2.24, 2.45) is 5.92 Å². The maximum atomic E-state index is 13.3. The van der Waals surface area contributed by atoms with E-state index in [4.69, 9.17) is 4.74 Å². The highest BCUT2D eigenvalue weighted by Gasteiger charge is 2.30. The van der Waals surface area contributed by atoms with E-state index in [0.717, 1.165) is 58.8 Å². The van der Waals surface area contributed by atoms with E-state index in [2.05, 4.69) is 66.4 Å². The molecule has 4 rings (SSSR count). The molecule has 4 heteroatoms. The molecule has 2 aromatic carbocycles. The van der Waals surface area contributed by atoms with Gasteiger partial charge in [0, 0.05) is 32.7 Å². The molecule has 0 spiro atoms. The van der Waals surface area contributed by atoms with Crippen LogP contribution in [0.25, 0.3) is 11.1 Å². The summed E-state index contributed by atoms with van der Waals surface area (Å²) < 4.78 is 5.63. The maximum absolute atomic E-state index is 13.3. The van der Waals surface area contributed by atoms with Gasteiger partial charge in [0.15, 0.2) is 0 Å². The van der Waals surface area contributed by atoms with Crippen LogP contribution in [-0.2, 0) is 16.0 Å². The second-order valence-corrected chi connectivity index (χ2v) is 8.28. The Balaban J connectivity index is 1.56. The summed E-state index contributed by atoms with van der Waals surface area (Å²) in [6, 6.07) is 19.0. The quantitative estimate of drug-likeness (QED) is 0.682. The van der Waals surface area contributed by atoms with Crippen LogP contribution in [0.3, 0.4) is 0 Å². The van der Waals surface area contributed by atoms with E-state index in [9.17, 15) is 4.79 Å². The number of rotatable bonds is 6. The summed E-state index contributed by atoms with van der Waals surface area (Å²) in [6.07, 6.45) is 4.08. The molecule has 0 saturated carbocycles. The predicted molar refractivity (Wildman–Crippen MR) is 121 cm³/mol. The number of carbonyl (C=O) groups is 1. The molecule has 1 atom stereocenters. The van der Waals surface area contributed by atoms with Crippen molar-refractivity contribution < 1.29 is 9.53 Å². The highest BCUT2D eigenvalue weighted by atomic mass is 16.5. The molecular formula is C26H32N2O2. The van der Waals surface area contributed by atoms with Gasteiger partial charge >= 0.3 is 0 Å². The molecule has 158 valence electrons. The zero-order chi connectivity index (χ0) is 20.8. The molecule has 2 aromatic rings. The van der Waals surface area contributed by atoms with Gasteiger partial charge in [-0.05, 0) is 42.0 Å². The number of ether oxygens (including phenoxy) is 1. The Hall–Kier alpha value is -2.43. The highest BCUT2D eigenvalue weighted by Crippen LogP contribution is 2.27. The van der Waals surface area contributed by atoms with Gasteiger partial charge in [0.25, 0.3) is 0 Å². The molecule has 2 aliphatic rings. The van der Waals surface area contributed by atoms with Gasteiger partial charge in [-0.2, -0.15) is 0 Å². The smallest absolute Gasteiger partial charge is 0.227 e. The number of hydrogen-bond donors (Lipinski definition) is 0. The number of amides is 1. The first-order valence-electron chi connectivity index (χ1n) is 11.1. The summed E-state index contributed by atoms with van der Waals surface area (Å²) in [6.45, 7) is 7.84. The van der Waals surface area contributed by atoms with Gasteiger partial charge in [0.1, 0.15) is 0 Å². The molecule has 1 saturated heterocycles. The minimum absolute atomic E-state index is 0.0255. The third-order valence-electron chi connectivity index (χ3n) is 6.19. The number of nitrogens with zero attached hydrogens (tertiary/aromatic N) is 2. The van der Waals surface area contributed by atoms with Crippen molar-refractivity contribution in [2.45, 2.75) is 19.8 Å². The van der Waals surface area contributed by atoms with E-state index in [-0.39, 0.29) is 11.8 Å². The molecule has 0 aromatic heterocycles. The van der Waals surface area contributed by atoms with E-state index in [0.29, 0.717) is 0 Å².